The number of carbonyl (C=O) groups is 1. The van der Waals surface area contributed by atoms with E-state index in [-0.39, 0.29) is 11.9 Å². The van der Waals surface area contributed by atoms with Crippen molar-refractivity contribution in [1.29, 1.82) is 5.26 Å². The Balaban J connectivity index is 1.55. The molecule has 1 atom stereocenters. The van der Waals surface area contributed by atoms with Crippen molar-refractivity contribution in [2.75, 3.05) is 18.4 Å². The molecule has 2 heterocycles. The first-order chi connectivity index (χ1) is 13.2. The molecule has 3 aromatic rings. The van der Waals surface area contributed by atoms with E-state index in [1.165, 1.54) is 16.0 Å². The Morgan fingerprint density at radius 2 is 2.04 bits per heavy atom. The fourth-order valence-corrected chi connectivity index (χ4v) is 4.52. The maximum atomic E-state index is 12.7. The summed E-state index contributed by atoms with van der Waals surface area (Å²) in [7, 11) is 0. The standard InChI is InChI=1S/C22H19N3OS/c23-14-16-5-4-8-18(13-16)24-21(26)15-25-11-9-20-19(10-12-27-20)22(25)17-6-2-1-3-7-17/h1-8,10,12-13,22H,9,11,15H2,(H,24,26)/t22-/m1/s1. The van der Waals surface area contributed by atoms with E-state index in [0.29, 0.717) is 17.8 Å². The first kappa shape index (κ1) is 17.5. The van der Waals surface area contributed by atoms with Crippen LogP contribution < -0.4 is 5.32 Å². The molecule has 0 bridgehead atoms. The van der Waals surface area contributed by atoms with Crippen LogP contribution in [-0.4, -0.2) is 23.9 Å². The molecule has 4 nitrogen and oxygen atoms in total. The molecule has 2 aromatic carbocycles. The van der Waals surface area contributed by atoms with Gasteiger partial charge in [0.05, 0.1) is 24.2 Å². The number of fused-ring (bicyclic) bond motifs is 1. The van der Waals surface area contributed by atoms with Gasteiger partial charge in [-0.15, -0.1) is 11.3 Å². The molecule has 1 N–H and O–H groups in total. The maximum Gasteiger partial charge on any atom is 0.238 e. The van der Waals surface area contributed by atoms with E-state index in [2.05, 4.69) is 39.9 Å². The molecule has 4 rings (SSSR count). The van der Waals surface area contributed by atoms with Crippen LogP contribution in [0.25, 0.3) is 0 Å². The molecule has 0 spiro atoms. The number of nitrogens with one attached hydrogen (secondary N) is 1. The molecule has 134 valence electrons. The highest BCUT2D eigenvalue weighted by molar-refractivity contribution is 7.10. The van der Waals surface area contributed by atoms with Crippen molar-refractivity contribution in [1.82, 2.24) is 4.90 Å². The lowest BCUT2D eigenvalue weighted by Crippen LogP contribution is -2.40. The summed E-state index contributed by atoms with van der Waals surface area (Å²) in [5.41, 5.74) is 3.70. The van der Waals surface area contributed by atoms with E-state index in [9.17, 15) is 4.79 Å². The van der Waals surface area contributed by atoms with Crippen molar-refractivity contribution >= 4 is 22.9 Å². The second kappa shape index (κ2) is 7.75. The summed E-state index contributed by atoms with van der Waals surface area (Å²) < 4.78 is 0. The zero-order valence-electron chi connectivity index (χ0n) is 14.8. The molecule has 1 aliphatic rings. The van der Waals surface area contributed by atoms with Gasteiger partial charge in [0.25, 0.3) is 0 Å². The molecule has 0 unspecified atom stereocenters. The number of amides is 1. The van der Waals surface area contributed by atoms with E-state index in [4.69, 9.17) is 5.26 Å². The van der Waals surface area contributed by atoms with Crippen molar-refractivity contribution < 1.29 is 4.79 Å². The number of nitriles is 1. The minimum Gasteiger partial charge on any atom is -0.325 e. The molecular weight excluding hydrogens is 354 g/mol. The first-order valence-corrected chi connectivity index (χ1v) is 9.78. The largest absolute Gasteiger partial charge is 0.325 e. The summed E-state index contributed by atoms with van der Waals surface area (Å²) in [6.07, 6.45) is 0.966. The lowest BCUT2D eigenvalue weighted by molar-refractivity contribution is -0.117. The Hall–Kier alpha value is -2.94. The summed E-state index contributed by atoms with van der Waals surface area (Å²) >= 11 is 1.79. The Morgan fingerprint density at radius 1 is 1.19 bits per heavy atom. The van der Waals surface area contributed by atoms with Gasteiger partial charge in [-0.2, -0.15) is 5.26 Å². The molecular formula is C22H19N3OS. The fourth-order valence-electron chi connectivity index (χ4n) is 3.62. The van der Waals surface area contributed by atoms with Gasteiger partial charge < -0.3 is 5.32 Å². The number of thiophene rings is 1. The number of carbonyl (C=O) groups excluding carboxylic acids is 1. The van der Waals surface area contributed by atoms with E-state index < -0.39 is 0 Å². The number of benzene rings is 2. The van der Waals surface area contributed by atoms with Gasteiger partial charge in [-0.3, -0.25) is 9.69 Å². The summed E-state index contributed by atoms with van der Waals surface area (Å²) in [5, 5.41) is 14.1. The molecule has 0 saturated heterocycles. The Morgan fingerprint density at radius 3 is 2.85 bits per heavy atom. The van der Waals surface area contributed by atoms with Crippen LogP contribution >= 0.6 is 11.3 Å². The highest BCUT2D eigenvalue weighted by atomic mass is 32.1. The molecule has 0 aliphatic carbocycles. The molecule has 1 aromatic heterocycles. The Kier molecular flexibility index (Phi) is 5.01. The van der Waals surface area contributed by atoms with Crippen LogP contribution in [0.5, 0.6) is 0 Å². The van der Waals surface area contributed by atoms with E-state index in [1.807, 2.05) is 18.2 Å². The van der Waals surface area contributed by atoms with Crippen LogP contribution in [0, 0.1) is 11.3 Å². The monoisotopic (exact) mass is 373 g/mol. The number of rotatable bonds is 4. The number of hydrogen-bond acceptors (Lipinski definition) is 4. The van der Waals surface area contributed by atoms with Crippen LogP contribution in [0.4, 0.5) is 5.69 Å². The summed E-state index contributed by atoms with van der Waals surface area (Å²) in [6.45, 7) is 1.16. The molecule has 5 heteroatoms. The minimum absolute atomic E-state index is 0.0651. The van der Waals surface area contributed by atoms with Gasteiger partial charge in [0, 0.05) is 17.1 Å². The second-order valence-electron chi connectivity index (χ2n) is 6.57. The normalized spacial score (nSPS) is 16.3. The van der Waals surface area contributed by atoms with Gasteiger partial charge in [0.2, 0.25) is 5.91 Å². The zero-order chi connectivity index (χ0) is 18.6. The summed E-state index contributed by atoms with van der Waals surface area (Å²) in [5.74, 6) is -0.0651. The SMILES string of the molecule is N#Cc1cccc(NC(=O)CN2CCc3sccc3[C@H]2c2ccccc2)c1. The van der Waals surface area contributed by atoms with E-state index >= 15 is 0 Å². The van der Waals surface area contributed by atoms with Gasteiger partial charge in [-0.05, 0) is 47.2 Å². The first-order valence-electron chi connectivity index (χ1n) is 8.90. The Bertz CT molecular complexity index is 990. The second-order valence-corrected chi connectivity index (χ2v) is 7.57. The fraction of sp³-hybridized carbons (Fsp3) is 0.182. The van der Waals surface area contributed by atoms with Crippen molar-refractivity contribution in [3.05, 3.63) is 87.6 Å². The predicted octanol–water partition coefficient (Wildman–Crippen LogP) is 4.21. The number of nitrogens with zero attached hydrogens (tertiary/aromatic N) is 2. The summed E-state index contributed by atoms with van der Waals surface area (Å²) in [6, 6.07) is 21.7. The third kappa shape index (κ3) is 3.77. The van der Waals surface area contributed by atoms with Gasteiger partial charge in [-0.25, -0.2) is 0 Å². The molecule has 0 saturated carbocycles. The topological polar surface area (TPSA) is 56.1 Å². The van der Waals surface area contributed by atoms with Gasteiger partial charge >= 0.3 is 0 Å². The molecule has 0 fully saturated rings. The number of anilines is 1. The predicted molar refractivity (Wildman–Crippen MR) is 108 cm³/mol. The van der Waals surface area contributed by atoms with Crippen molar-refractivity contribution in [2.24, 2.45) is 0 Å². The van der Waals surface area contributed by atoms with Crippen LogP contribution in [0.3, 0.4) is 0 Å². The van der Waals surface area contributed by atoms with Crippen LogP contribution in [0.15, 0.2) is 66.0 Å². The van der Waals surface area contributed by atoms with Crippen molar-refractivity contribution in [3.8, 4) is 6.07 Å². The highest BCUT2D eigenvalue weighted by Gasteiger charge is 2.30. The highest BCUT2D eigenvalue weighted by Crippen LogP contribution is 2.37. The Labute approximate surface area is 162 Å². The molecule has 1 amide bonds. The lowest BCUT2D eigenvalue weighted by atomic mass is 9.93. The average Bonchev–Trinajstić information content (AvgIpc) is 3.17. The third-order valence-electron chi connectivity index (χ3n) is 4.80. The quantitative estimate of drug-likeness (QED) is 0.745. The maximum absolute atomic E-state index is 12.7. The van der Waals surface area contributed by atoms with Crippen molar-refractivity contribution in [2.45, 2.75) is 12.5 Å². The van der Waals surface area contributed by atoms with Crippen LogP contribution in [0.1, 0.15) is 27.6 Å². The lowest BCUT2D eigenvalue weighted by Gasteiger charge is -2.35. The van der Waals surface area contributed by atoms with E-state index in [1.54, 1.807) is 35.6 Å². The van der Waals surface area contributed by atoms with Gasteiger partial charge in [-0.1, -0.05) is 36.4 Å². The zero-order valence-corrected chi connectivity index (χ0v) is 15.6. The average molecular weight is 373 g/mol. The minimum atomic E-state index is -0.0651. The molecule has 27 heavy (non-hydrogen) atoms. The van der Waals surface area contributed by atoms with E-state index in [0.717, 1.165) is 13.0 Å². The van der Waals surface area contributed by atoms with Crippen molar-refractivity contribution in [3.63, 3.8) is 0 Å². The van der Waals surface area contributed by atoms with Gasteiger partial charge in [0.15, 0.2) is 0 Å². The third-order valence-corrected chi connectivity index (χ3v) is 5.80. The van der Waals surface area contributed by atoms with Crippen LogP contribution in [-0.2, 0) is 11.2 Å². The summed E-state index contributed by atoms with van der Waals surface area (Å²) in [4.78, 5) is 16.3. The number of hydrogen-bond donors (Lipinski definition) is 1. The molecule has 0 radical (unpaired) electrons. The molecule has 1 aliphatic heterocycles. The van der Waals surface area contributed by atoms with Crippen LogP contribution in [0.2, 0.25) is 0 Å². The van der Waals surface area contributed by atoms with Gasteiger partial charge in [0.1, 0.15) is 0 Å². The smallest absolute Gasteiger partial charge is 0.238 e.